The zero-order valence-electron chi connectivity index (χ0n) is 10.1. The molecule has 2 rings (SSSR count). The normalized spacial score (nSPS) is 24.5. The van der Waals surface area contributed by atoms with Crippen LogP contribution in [0, 0.1) is 11.8 Å². The Labute approximate surface area is 102 Å². The predicted molar refractivity (Wildman–Crippen MR) is 67.1 cm³/mol. The Morgan fingerprint density at radius 1 is 1.41 bits per heavy atom. The van der Waals surface area contributed by atoms with E-state index in [0.717, 1.165) is 37.9 Å². The van der Waals surface area contributed by atoms with E-state index < -0.39 is 0 Å². The standard InChI is InChI=1S/C13H21N3O/c14-8-10-3-5-11(6-4-10)13(17)16-9-12-2-1-7-15-12/h1-2,7,10-11,15H,3-6,8-9,14H2,(H,16,17). The summed E-state index contributed by atoms with van der Waals surface area (Å²) in [6, 6.07) is 3.92. The second-order valence-corrected chi connectivity index (χ2v) is 4.87. The van der Waals surface area contributed by atoms with E-state index in [2.05, 4.69) is 10.3 Å². The van der Waals surface area contributed by atoms with Crippen LogP contribution in [0.25, 0.3) is 0 Å². The summed E-state index contributed by atoms with van der Waals surface area (Å²) in [5.41, 5.74) is 6.69. The third-order valence-electron chi connectivity index (χ3n) is 3.67. The number of hydrogen-bond donors (Lipinski definition) is 3. The van der Waals surface area contributed by atoms with Crippen LogP contribution in [-0.2, 0) is 11.3 Å². The predicted octanol–water partition coefficient (Wildman–Crippen LogP) is 1.40. The van der Waals surface area contributed by atoms with E-state index in [1.54, 1.807) is 0 Å². The number of carbonyl (C=O) groups excluding carboxylic acids is 1. The number of carbonyl (C=O) groups is 1. The third kappa shape index (κ3) is 3.33. The van der Waals surface area contributed by atoms with E-state index in [4.69, 9.17) is 5.73 Å². The van der Waals surface area contributed by atoms with Crippen LogP contribution in [0.5, 0.6) is 0 Å². The first-order valence-corrected chi connectivity index (χ1v) is 6.39. The summed E-state index contributed by atoms with van der Waals surface area (Å²) in [7, 11) is 0. The first kappa shape index (κ1) is 12.2. The number of nitrogens with two attached hydrogens (primary N) is 1. The number of hydrogen-bond acceptors (Lipinski definition) is 2. The minimum absolute atomic E-state index is 0.188. The summed E-state index contributed by atoms with van der Waals surface area (Å²) in [6.07, 6.45) is 6.03. The monoisotopic (exact) mass is 235 g/mol. The zero-order chi connectivity index (χ0) is 12.1. The molecule has 0 aliphatic heterocycles. The highest BCUT2D eigenvalue weighted by Gasteiger charge is 2.25. The van der Waals surface area contributed by atoms with Crippen LogP contribution in [0.15, 0.2) is 18.3 Å². The SMILES string of the molecule is NCC1CCC(C(=O)NCc2ccc[nH]2)CC1. The van der Waals surface area contributed by atoms with Gasteiger partial charge in [0.2, 0.25) is 5.91 Å². The van der Waals surface area contributed by atoms with Crippen LogP contribution < -0.4 is 11.1 Å². The van der Waals surface area contributed by atoms with Gasteiger partial charge in [-0.3, -0.25) is 4.79 Å². The molecule has 1 heterocycles. The number of rotatable bonds is 4. The number of aromatic nitrogens is 1. The van der Waals surface area contributed by atoms with Crippen LogP contribution >= 0.6 is 0 Å². The van der Waals surface area contributed by atoms with Crippen molar-refractivity contribution in [1.82, 2.24) is 10.3 Å². The summed E-state index contributed by atoms with van der Waals surface area (Å²) >= 11 is 0. The van der Waals surface area contributed by atoms with Crippen LogP contribution in [0.1, 0.15) is 31.4 Å². The number of nitrogens with one attached hydrogen (secondary N) is 2. The molecule has 4 heteroatoms. The topological polar surface area (TPSA) is 70.9 Å². The van der Waals surface area contributed by atoms with E-state index in [1.807, 2.05) is 18.3 Å². The Morgan fingerprint density at radius 3 is 2.76 bits per heavy atom. The van der Waals surface area contributed by atoms with E-state index in [1.165, 1.54) is 0 Å². The van der Waals surface area contributed by atoms with Gasteiger partial charge in [-0.1, -0.05) is 0 Å². The summed E-state index contributed by atoms with van der Waals surface area (Å²) in [6.45, 7) is 1.36. The highest BCUT2D eigenvalue weighted by Crippen LogP contribution is 2.28. The van der Waals surface area contributed by atoms with Gasteiger partial charge in [-0.15, -0.1) is 0 Å². The zero-order valence-corrected chi connectivity index (χ0v) is 10.1. The van der Waals surface area contributed by atoms with Crippen LogP contribution in [0.2, 0.25) is 0 Å². The van der Waals surface area contributed by atoms with Crippen molar-refractivity contribution in [3.63, 3.8) is 0 Å². The van der Waals surface area contributed by atoms with Gasteiger partial charge in [0.1, 0.15) is 0 Å². The highest BCUT2D eigenvalue weighted by molar-refractivity contribution is 5.78. The molecule has 17 heavy (non-hydrogen) atoms. The second-order valence-electron chi connectivity index (χ2n) is 4.87. The van der Waals surface area contributed by atoms with Crippen LogP contribution in [-0.4, -0.2) is 17.4 Å². The lowest BCUT2D eigenvalue weighted by molar-refractivity contribution is -0.126. The van der Waals surface area contributed by atoms with Gasteiger partial charge >= 0.3 is 0 Å². The summed E-state index contributed by atoms with van der Waals surface area (Å²) in [5.74, 6) is 1.00. The first-order chi connectivity index (χ1) is 8.29. The molecular formula is C13H21N3O. The molecule has 1 aromatic rings. The molecule has 0 unspecified atom stereocenters. The summed E-state index contributed by atoms with van der Waals surface area (Å²) in [5, 5.41) is 2.99. The van der Waals surface area contributed by atoms with Gasteiger partial charge in [-0.2, -0.15) is 0 Å². The first-order valence-electron chi connectivity index (χ1n) is 6.39. The van der Waals surface area contributed by atoms with Gasteiger partial charge in [-0.05, 0) is 50.3 Å². The van der Waals surface area contributed by atoms with Gasteiger partial charge in [-0.25, -0.2) is 0 Å². The Kier molecular flexibility index (Phi) is 4.20. The molecule has 0 aromatic carbocycles. The largest absolute Gasteiger partial charge is 0.364 e. The van der Waals surface area contributed by atoms with E-state index in [-0.39, 0.29) is 11.8 Å². The van der Waals surface area contributed by atoms with Crippen molar-refractivity contribution in [1.29, 1.82) is 0 Å². The van der Waals surface area contributed by atoms with Crippen LogP contribution in [0.4, 0.5) is 0 Å². The maximum atomic E-state index is 11.9. The molecule has 1 saturated carbocycles. The van der Waals surface area contributed by atoms with Crippen molar-refractivity contribution in [2.45, 2.75) is 32.2 Å². The molecule has 1 fully saturated rings. The van der Waals surface area contributed by atoms with Crippen molar-refractivity contribution in [2.75, 3.05) is 6.54 Å². The molecule has 0 bridgehead atoms. The number of aromatic amines is 1. The van der Waals surface area contributed by atoms with E-state index >= 15 is 0 Å². The molecule has 1 amide bonds. The van der Waals surface area contributed by atoms with Crippen molar-refractivity contribution in [3.8, 4) is 0 Å². The van der Waals surface area contributed by atoms with Gasteiger partial charge < -0.3 is 16.0 Å². The molecule has 94 valence electrons. The molecular weight excluding hydrogens is 214 g/mol. The van der Waals surface area contributed by atoms with Crippen molar-refractivity contribution in [2.24, 2.45) is 17.6 Å². The maximum absolute atomic E-state index is 11.9. The van der Waals surface area contributed by atoms with E-state index in [0.29, 0.717) is 12.5 Å². The third-order valence-corrected chi connectivity index (χ3v) is 3.67. The lowest BCUT2D eigenvalue weighted by Gasteiger charge is -2.26. The van der Waals surface area contributed by atoms with Crippen LogP contribution in [0.3, 0.4) is 0 Å². The molecule has 0 radical (unpaired) electrons. The lowest BCUT2D eigenvalue weighted by atomic mass is 9.81. The second kappa shape index (κ2) is 5.87. The molecule has 0 atom stereocenters. The smallest absolute Gasteiger partial charge is 0.223 e. The average molecular weight is 235 g/mol. The molecule has 0 spiro atoms. The van der Waals surface area contributed by atoms with Gasteiger partial charge in [0, 0.05) is 17.8 Å². The Hall–Kier alpha value is -1.29. The minimum atomic E-state index is 0.188. The number of H-pyrrole nitrogens is 1. The molecule has 4 N–H and O–H groups in total. The molecule has 1 aliphatic rings. The Balaban J connectivity index is 1.73. The highest BCUT2D eigenvalue weighted by atomic mass is 16.1. The summed E-state index contributed by atoms with van der Waals surface area (Å²) in [4.78, 5) is 15.0. The van der Waals surface area contributed by atoms with Crippen molar-refractivity contribution in [3.05, 3.63) is 24.0 Å². The fourth-order valence-corrected chi connectivity index (χ4v) is 2.46. The Morgan fingerprint density at radius 2 is 2.18 bits per heavy atom. The minimum Gasteiger partial charge on any atom is -0.364 e. The lowest BCUT2D eigenvalue weighted by Crippen LogP contribution is -2.34. The molecule has 0 saturated heterocycles. The van der Waals surface area contributed by atoms with Gasteiger partial charge in [0.05, 0.1) is 6.54 Å². The Bertz CT molecular complexity index is 340. The van der Waals surface area contributed by atoms with Crippen molar-refractivity contribution >= 4 is 5.91 Å². The summed E-state index contributed by atoms with van der Waals surface area (Å²) < 4.78 is 0. The van der Waals surface area contributed by atoms with Crippen molar-refractivity contribution < 1.29 is 4.79 Å². The number of amides is 1. The molecule has 4 nitrogen and oxygen atoms in total. The fourth-order valence-electron chi connectivity index (χ4n) is 2.46. The molecule has 1 aliphatic carbocycles. The van der Waals surface area contributed by atoms with E-state index in [9.17, 15) is 4.79 Å². The van der Waals surface area contributed by atoms with Gasteiger partial charge in [0.25, 0.3) is 0 Å². The van der Waals surface area contributed by atoms with Gasteiger partial charge in [0.15, 0.2) is 0 Å². The fraction of sp³-hybridized carbons (Fsp3) is 0.615. The maximum Gasteiger partial charge on any atom is 0.223 e. The average Bonchev–Trinajstić information content (AvgIpc) is 2.89. The molecule has 1 aromatic heterocycles. The quantitative estimate of drug-likeness (QED) is 0.738.